The average Bonchev–Trinajstić information content (AvgIpc) is 1.82. The Hall–Kier alpha value is 0.500. The molecule has 0 aromatic heterocycles. The van der Waals surface area contributed by atoms with E-state index in [2.05, 4.69) is 0 Å². The van der Waals surface area contributed by atoms with Gasteiger partial charge in [0.25, 0.3) is 0 Å². The lowest BCUT2D eigenvalue weighted by molar-refractivity contribution is -0.394. The maximum Gasteiger partial charge on any atom is 0.139 e. The summed E-state index contributed by atoms with van der Waals surface area (Å²) in [6, 6.07) is 0. The molecule has 0 spiro atoms. The molecule has 0 rings (SSSR count). The lowest BCUT2D eigenvalue weighted by Crippen LogP contribution is -2.35. The number of alkyl halides is 2. The van der Waals surface area contributed by atoms with Crippen LogP contribution < -0.4 is 0 Å². The highest BCUT2D eigenvalue weighted by atomic mass is 35.5. The fourth-order valence-corrected chi connectivity index (χ4v) is 0.341. The lowest BCUT2D eigenvalue weighted by atomic mass is 10.2. The van der Waals surface area contributed by atoms with Crippen molar-refractivity contribution in [1.82, 2.24) is 0 Å². The minimum absolute atomic E-state index is 0.347. The standard InChI is InChI=1S/C8H16Cl2O2/c1-7(2,3)11-12-8(4,5)6(9)10/h6H,1-5H3. The van der Waals surface area contributed by atoms with Gasteiger partial charge in [-0.2, -0.15) is 0 Å². The third kappa shape index (κ3) is 5.20. The minimum Gasteiger partial charge on any atom is -0.230 e. The van der Waals surface area contributed by atoms with Crippen LogP contribution in [0.1, 0.15) is 34.6 Å². The Morgan fingerprint density at radius 1 is 0.917 bits per heavy atom. The van der Waals surface area contributed by atoms with E-state index in [0.29, 0.717) is 0 Å². The molecule has 0 aromatic carbocycles. The van der Waals surface area contributed by atoms with Gasteiger partial charge >= 0.3 is 0 Å². The maximum absolute atomic E-state index is 5.66. The van der Waals surface area contributed by atoms with Gasteiger partial charge in [0.15, 0.2) is 0 Å². The molecule has 0 aliphatic carbocycles. The van der Waals surface area contributed by atoms with Gasteiger partial charge in [-0.05, 0) is 34.6 Å². The van der Waals surface area contributed by atoms with Crippen LogP contribution in [0.5, 0.6) is 0 Å². The topological polar surface area (TPSA) is 18.5 Å². The molecule has 0 atom stereocenters. The van der Waals surface area contributed by atoms with Crippen LogP contribution in [0.4, 0.5) is 0 Å². The second-order valence-electron chi connectivity index (χ2n) is 4.18. The Balaban J connectivity index is 3.93. The second kappa shape index (κ2) is 4.14. The highest BCUT2D eigenvalue weighted by Crippen LogP contribution is 2.25. The molecule has 74 valence electrons. The van der Waals surface area contributed by atoms with Gasteiger partial charge in [0.1, 0.15) is 10.4 Å². The van der Waals surface area contributed by atoms with Crippen molar-refractivity contribution in [2.75, 3.05) is 0 Å². The predicted octanol–water partition coefficient (Wildman–Crippen LogP) is 3.32. The van der Waals surface area contributed by atoms with Crippen molar-refractivity contribution >= 4 is 23.2 Å². The van der Waals surface area contributed by atoms with E-state index in [9.17, 15) is 0 Å². The third-order valence-corrected chi connectivity index (χ3v) is 2.08. The van der Waals surface area contributed by atoms with Crippen molar-refractivity contribution in [1.29, 1.82) is 0 Å². The molecule has 0 unspecified atom stereocenters. The summed E-state index contributed by atoms with van der Waals surface area (Å²) in [7, 11) is 0. The zero-order valence-electron chi connectivity index (χ0n) is 8.15. The highest BCUT2D eigenvalue weighted by molar-refractivity contribution is 6.45. The normalized spacial score (nSPS) is 14.0. The summed E-state index contributed by atoms with van der Waals surface area (Å²) < 4.78 is 0. The Morgan fingerprint density at radius 3 is 1.58 bits per heavy atom. The zero-order valence-corrected chi connectivity index (χ0v) is 9.66. The fourth-order valence-electron chi connectivity index (χ4n) is 0.269. The summed E-state index contributed by atoms with van der Waals surface area (Å²) in [4.78, 5) is 9.57. The maximum atomic E-state index is 5.66. The summed E-state index contributed by atoms with van der Waals surface area (Å²) in [6.07, 6.45) is 0. The predicted molar refractivity (Wildman–Crippen MR) is 51.5 cm³/mol. The molecule has 0 aliphatic rings. The fraction of sp³-hybridized carbons (Fsp3) is 1.00. The summed E-state index contributed by atoms with van der Waals surface area (Å²) in [5.74, 6) is 0. The average molecular weight is 215 g/mol. The summed E-state index contributed by atoms with van der Waals surface area (Å²) >= 11 is 11.3. The van der Waals surface area contributed by atoms with Gasteiger partial charge in [-0.3, -0.25) is 0 Å². The minimum atomic E-state index is -0.684. The lowest BCUT2D eigenvalue weighted by Gasteiger charge is -2.29. The Labute approximate surface area is 84.1 Å². The van der Waals surface area contributed by atoms with Gasteiger partial charge < -0.3 is 0 Å². The highest BCUT2D eigenvalue weighted by Gasteiger charge is 2.30. The monoisotopic (exact) mass is 214 g/mol. The molecule has 0 aliphatic heterocycles. The van der Waals surface area contributed by atoms with Crippen LogP contribution in [0.15, 0.2) is 0 Å². The van der Waals surface area contributed by atoms with E-state index < -0.39 is 10.4 Å². The van der Waals surface area contributed by atoms with E-state index >= 15 is 0 Å². The molecule has 0 heterocycles. The van der Waals surface area contributed by atoms with Gasteiger partial charge in [-0.1, -0.05) is 0 Å². The van der Waals surface area contributed by atoms with Crippen molar-refractivity contribution in [2.45, 2.75) is 50.7 Å². The molecule has 0 amide bonds. The largest absolute Gasteiger partial charge is 0.230 e. The van der Waals surface area contributed by atoms with Gasteiger partial charge in [-0.25, -0.2) is 9.78 Å². The van der Waals surface area contributed by atoms with Crippen LogP contribution >= 0.6 is 23.2 Å². The smallest absolute Gasteiger partial charge is 0.139 e. The summed E-state index contributed by atoms with van der Waals surface area (Å²) in [6.45, 7) is 9.20. The van der Waals surface area contributed by atoms with Crippen LogP contribution in [0.2, 0.25) is 0 Å². The summed E-state index contributed by atoms with van der Waals surface area (Å²) in [5.41, 5.74) is -1.03. The first-order valence-corrected chi connectivity index (χ1v) is 4.67. The van der Waals surface area contributed by atoms with Gasteiger partial charge in [0.05, 0.1) is 5.60 Å². The van der Waals surface area contributed by atoms with E-state index in [4.69, 9.17) is 33.0 Å². The van der Waals surface area contributed by atoms with E-state index in [1.165, 1.54) is 0 Å². The molecule has 0 bridgehead atoms. The quantitative estimate of drug-likeness (QED) is 0.408. The molecular weight excluding hydrogens is 199 g/mol. The van der Waals surface area contributed by atoms with Crippen LogP contribution in [0.25, 0.3) is 0 Å². The molecule has 12 heavy (non-hydrogen) atoms. The van der Waals surface area contributed by atoms with Crippen LogP contribution in [-0.2, 0) is 9.78 Å². The molecule has 0 radical (unpaired) electrons. The van der Waals surface area contributed by atoms with Crippen LogP contribution in [-0.4, -0.2) is 16.0 Å². The number of hydrogen-bond acceptors (Lipinski definition) is 2. The molecule has 0 aromatic rings. The SMILES string of the molecule is CC(C)(C)OOC(C)(C)C(Cl)Cl. The Morgan fingerprint density at radius 2 is 1.33 bits per heavy atom. The van der Waals surface area contributed by atoms with E-state index in [1.807, 2.05) is 20.8 Å². The third-order valence-electron chi connectivity index (χ3n) is 1.03. The molecule has 0 fully saturated rings. The Kier molecular flexibility index (Phi) is 4.31. The first-order valence-electron chi connectivity index (χ1n) is 3.80. The van der Waals surface area contributed by atoms with Gasteiger partial charge in [0.2, 0.25) is 0 Å². The van der Waals surface area contributed by atoms with Crippen molar-refractivity contribution < 1.29 is 9.78 Å². The Bertz CT molecular complexity index is 138. The van der Waals surface area contributed by atoms with Crippen molar-refractivity contribution in [3.05, 3.63) is 0 Å². The first-order chi connectivity index (χ1) is 5.15. The first kappa shape index (κ1) is 12.5. The van der Waals surface area contributed by atoms with Crippen molar-refractivity contribution in [3.8, 4) is 0 Å². The van der Waals surface area contributed by atoms with Gasteiger partial charge in [0, 0.05) is 0 Å². The van der Waals surface area contributed by atoms with Gasteiger partial charge in [-0.15, -0.1) is 23.2 Å². The van der Waals surface area contributed by atoms with Crippen LogP contribution in [0, 0.1) is 0 Å². The molecule has 4 heteroatoms. The zero-order chi connectivity index (χ0) is 9.99. The molecule has 2 nitrogen and oxygen atoms in total. The molecular formula is C8H16Cl2O2. The summed E-state index contributed by atoms with van der Waals surface area (Å²) in [5, 5.41) is 0. The second-order valence-corrected chi connectivity index (χ2v) is 5.28. The number of halogens is 2. The molecule has 0 N–H and O–H groups in total. The number of rotatable bonds is 3. The van der Waals surface area contributed by atoms with Crippen LogP contribution in [0.3, 0.4) is 0 Å². The van der Waals surface area contributed by atoms with E-state index in [1.54, 1.807) is 13.8 Å². The molecule has 0 saturated carbocycles. The number of hydrogen-bond donors (Lipinski definition) is 0. The molecule has 0 saturated heterocycles. The van der Waals surface area contributed by atoms with Crippen molar-refractivity contribution in [2.24, 2.45) is 0 Å². The van der Waals surface area contributed by atoms with Crippen molar-refractivity contribution in [3.63, 3.8) is 0 Å². The van der Waals surface area contributed by atoms with E-state index in [0.717, 1.165) is 0 Å². The van der Waals surface area contributed by atoms with E-state index in [-0.39, 0.29) is 5.60 Å².